The second-order valence-electron chi connectivity index (χ2n) is 8.27. The minimum Gasteiger partial charge on any atom is -0.290 e. The Hall–Kier alpha value is -3.74. The van der Waals surface area contributed by atoms with Crippen molar-refractivity contribution in [1.29, 1.82) is 5.26 Å². The van der Waals surface area contributed by atoms with Crippen LogP contribution in [0, 0.1) is 25.2 Å². The smallest absolute Gasteiger partial charge is 0.263 e. The third-order valence-corrected chi connectivity index (χ3v) is 7.99. The lowest BCUT2D eigenvalue weighted by Gasteiger charge is -2.12. The molecule has 35 heavy (non-hydrogen) atoms. The number of benzene rings is 2. The molecule has 0 amide bonds. The zero-order valence-corrected chi connectivity index (χ0v) is 21.0. The largest absolute Gasteiger partial charge is 0.290 e. The molecule has 0 saturated carbocycles. The van der Waals surface area contributed by atoms with Crippen molar-refractivity contribution < 1.29 is 0 Å². The van der Waals surface area contributed by atoms with Gasteiger partial charge >= 0.3 is 0 Å². The molecule has 2 aromatic carbocycles. The Labute approximate surface area is 209 Å². The average molecular weight is 500 g/mol. The van der Waals surface area contributed by atoms with Crippen LogP contribution in [-0.4, -0.2) is 19.1 Å². The van der Waals surface area contributed by atoms with E-state index in [0.29, 0.717) is 37.9 Å². The fraction of sp³-hybridized carbons (Fsp3) is 0.192. The van der Waals surface area contributed by atoms with E-state index in [9.17, 15) is 14.9 Å². The van der Waals surface area contributed by atoms with Gasteiger partial charge in [0.15, 0.2) is 5.16 Å². The highest BCUT2D eigenvalue weighted by Crippen LogP contribution is 2.33. The minimum absolute atomic E-state index is 0.0950. The van der Waals surface area contributed by atoms with Gasteiger partial charge in [-0.3, -0.25) is 18.7 Å². The number of hydrogen-bond donors (Lipinski definition) is 0. The third kappa shape index (κ3) is 4.05. The Bertz CT molecular complexity index is 1780. The first-order valence-corrected chi connectivity index (χ1v) is 12.8. The summed E-state index contributed by atoms with van der Waals surface area (Å²) in [5.41, 5.74) is 4.47. The van der Waals surface area contributed by atoms with E-state index >= 15 is 0 Å². The molecule has 3 heterocycles. The molecule has 0 atom stereocenters. The van der Waals surface area contributed by atoms with Gasteiger partial charge in [0.1, 0.15) is 17.2 Å². The maximum Gasteiger partial charge on any atom is 0.263 e. The number of para-hydroxylation sites is 1. The molecule has 174 valence electrons. The van der Waals surface area contributed by atoms with Crippen molar-refractivity contribution >= 4 is 44.2 Å². The van der Waals surface area contributed by atoms with Crippen molar-refractivity contribution in [2.45, 2.75) is 31.3 Å². The second kappa shape index (κ2) is 9.13. The summed E-state index contributed by atoms with van der Waals surface area (Å²) in [4.78, 5) is 36.3. The van der Waals surface area contributed by atoms with Crippen molar-refractivity contribution in [1.82, 2.24) is 19.1 Å². The quantitative estimate of drug-likeness (QED) is 0.255. The Balaban J connectivity index is 1.54. The van der Waals surface area contributed by atoms with Gasteiger partial charge in [-0.2, -0.15) is 5.26 Å². The third-order valence-electron chi connectivity index (χ3n) is 6.09. The van der Waals surface area contributed by atoms with Gasteiger partial charge in [0.25, 0.3) is 11.1 Å². The maximum atomic E-state index is 13.4. The normalized spacial score (nSPS) is 11.3. The number of nitriles is 1. The predicted molar refractivity (Wildman–Crippen MR) is 141 cm³/mol. The number of fused-ring (bicyclic) bond motifs is 2. The lowest BCUT2D eigenvalue weighted by Crippen LogP contribution is -2.25. The van der Waals surface area contributed by atoms with E-state index in [-0.39, 0.29) is 17.7 Å². The van der Waals surface area contributed by atoms with E-state index in [1.165, 1.54) is 43.4 Å². The highest BCUT2D eigenvalue weighted by atomic mass is 32.2. The first-order chi connectivity index (χ1) is 16.9. The van der Waals surface area contributed by atoms with E-state index in [1.54, 1.807) is 25.2 Å². The fourth-order valence-corrected chi connectivity index (χ4v) is 5.90. The Kier molecular flexibility index (Phi) is 6.01. The molecule has 5 aromatic rings. The van der Waals surface area contributed by atoms with Gasteiger partial charge < -0.3 is 0 Å². The molecule has 9 heteroatoms. The molecule has 0 aliphatic rings. The van der Waals surface area contributed by atoms with Gasteiger partial charge in [0.2, 0.25) is 0 Å². The van der Waals surface area contributed by atoms with Crippen molar-refractivity contribution in [2.24, 2.45) is 7.05 Å². The summed E-state index contributed by atoms with van der Waals surface area (Å²) in [7, 11) is 1.70. The Morgan fingerprint density at radius 2 is 1.86 bits per heavy atom. The average Bonchev–Trinajstić information content (AvgIpc) is 3.28. The summed E-state index contributed by atoms with van der Waals surface area (Å²) in [6.45, 7) is 4.03. The van der Waals surface area contributed by atoms with Gasteiger partial charge in [0.05, 0.1) is 28.1 Å². The predicted octanol–water partition coefficient (Wildman–Crippen LogP) is 4.80. The molecule has 0 saturated heterocycles. The zero-order chi connectivity index (χ0) is 24.7. The van der Waals surface area contributed by atoms with Crippen molar-refractivity contribution in [3.8, 4) is 17.2 Å². The molecular weight excluding hydrogens is 478 g/mol. The van der Waals surface area contributed by atoms with Gasteiger partial charge in [-0.15, -0.1) is 11.3 Å². The second-order valence-corrected chi connectivity index (χ2v) is 10.1. The summed E-state index contributed by atoms with van der Waals surface area (Å²) in [6.07, 6.45) is 0. The zero-order valence-electron chi connectivity index (χ0n) is 19.4. The van der Waals surface area contributed by atoms with Crippen LogP contribution in [0.25, 0.3) is 32.2 Å². The molecule has 0 bridgehead atoms. The highest BCUT2D eigenvalue weighted by Gasteiger charge is 2.18. The molecular formula is C26H21N5O2S2. The lowest BCUT2D eigenvalue weighted by molar-refractivity contribution is 0.716. The topological polar surface area (TPSA) is 93.6 Å². The molecule has 0 fully saturated rings. The van der Waals surface area contributed by atoms with Crippen molar-refractivity contribution in [2.75, 3.05) is 0 Å². The molecule has 0 spiro atoms. The molecule has 0 aliphatic heterocycles. The number of aryl methyl sites for hydroxylation is 2. The number of rotatable bonds is 5. The SMILES string of the molecule is Cc1ccc(-c2csc3nc(SCc4nc5ccccc5c(=O)n4CC#N)n(C)c(=O)c23)cc1C. The summed E-state index contributed by atoms with van der Waals surface area (Å²) in [5.74, 6) is 0.764. The number of thioether (sulfide) groups is 1. The Morgan fingerprint density at radius 3 is 2.63 bits per heavy atom. The van der Waals surface area contributed by atoms with Gasteiger partial charge in [-0.1, -0.05) is 42.1 Å². The molecule has 0 unspecified atom stereocenters. The number of thiophene rings is 1. The van der Waals surface area contributed by atoms with E-state index < -0.39 is 0 Å². The maximum absolute atomic E-state index is 13.4. The van der Waals surface area contributed by atoms with E-state index in [2.05, 4.69) is 31.0 Å². The molecule has 0 aliphatic carbocycles. The number of aromatic nitrogens is 4. The van der Waals surface area contributed by atoms with Crippen LogP contribution >= 0.6 is 23.1 Å². The van der Waals surface area contributed by atoms with Crippen LogP contribution in [0.2, 0.25) is 0 Å². The monoisotopic (exact) mass is 499 g/mol. The molecule has 3 aromatic heterocycles. The van der Waals surface area contributed by atoms with Crippen molar-refractivity contribution in [3.63, 3.8) is 0 Å². The van der Waals surface area contributed by atoms with Gasteiger partial charge in [-0.05, 0) is 42.7 Å². The standard InChI is InChI=1S/C26H21N5O2S2/c1-15-8-9-17(12-16(15)2)19-13-34-23-22(19)25(33)30(3)26(29-23)35-14-21-28-20-7-5-4-6-18(20)24(32)31(21)11-10-27/h4-9,12-13H,11,14H2,1-3H3. The summed E-state index contributed by atoms with van der Waals surface area (Å²) >= 11 is 2.76. The minimum atomic E-state index is -0.249. The first kappa shape index (κ1) is 23.0. The molecule has 0 radical (unpaired) electrons. The summed E-state index contributed by atoms with van der Waals surface area (Å²) < 4.78 is 2.92. The van der Waals surface area contributed by atoms with Crippen LogP contribution in [0.5, 0.6) is 0 Å². The number of nitrogens with zero attached hydrogens (tertiary/aromatic N) is 5. The molecule has 7 nitrogen and oxygen atoms in total. The summed E-state index contributed by atoms with van der Waals surface area (Å²) in [6, 6.07) is 15.3. The fourth-order valence-electron chi connectivity index (χ4n) is 3.99. The lowest BCUT2D eigenvalue weighted by atomic mass is 10.0. The number of hydrogen-bond acceptors (Lipinski definition) is 7. The van der Waals surface area contributed by atoms with E-state index in [0.717, 1.165) is 11.1 Å². The van der Waals surface area contributed by atoms with Crippen LogP contribution < -0.4 is 11.1 Å². The highest BCUT2D eigenvalue weighted by molar-refractivity contribution is 7.98. The summed E-state index contributed by atoms with van der Waals surface area (Å²) in [5, 5.41) is 12.8. The molecule has 5 rings (SSSR count). The van der Waals surface area contributed by atoms with Crippen LogP contribution in [0.3, 0.4) is 0 Å². The van der Waals surface area contributed by atoms with E-state index in [4.69, 9.17) is 4.98 Å². The Morgan fingerprint density at radius 1 is 1.06 bits per heavy atom. The van der Waals surface area contributed by atoms with Crippen LogP contribution in [0.1, 0.15) is 17.0 Å². The van der Waals surface area contributed by atoms with Crippen molar-refractivity contribution in [3.05, 3.63) is 85.5 Å². The van der Waals surface area contributed by atoms with E-state index in [1.807, 2.05) is 23.6 Å². The van der Waals surface area contributed by atoms with Gasteiger partial charge in [0, 0.05) is 18.0 Å². The molecule has 0 N–H and O–H groups in total. The van der Waals surface area contributed by atoms with Crippen LogP contribution in [0.4, 0.5) is 0 Å². The van der Waals surface area contributed by atoms with Crippen LogP contribution in [-0.2, 0) is 19.3 Å². The van der Waals surface area contributed by atoms with Gasteiger partial charge in [-0.25, -0.2) is 9.97 Å². The van der Waals surface area contributed by atoms with Crippen LogP contribution in [0.15, 0.2) is 62.6 Å². The first-order valence-electron chi connectivity index (χ1n) is 10.9.